The van der Waals surface area contributed by atoms with Gasteiger partial charge in [-0.2, -0.15) is 0 Å². The molecule has 192 valence electrons. The van der Waals surface area contributed by atoms with E-state index in [9.17, 15) is 19.5 Å². The third-order valence-electron chi connectivity index (χ3n) is 5.41. The lowest BCUT2D eigenvalue weighted by Gasteiger charge is -2.23. The summed E-state index contributed by atoms with van der Waals surface area (Å²) in [5, 5.41) is 8.59. The lowest BCUT2D eigenvalue weighted by Crippen LogP contribution is -2.32. The summed E-state index contributed by atoms with van der Waals surface area (Å²) in [7, 11) is 0. The highest BCUT2D eigenvalue weighted by molar-refractivity contribution is 8.00. The molecule has 0 saturated carbocycles. The summed E-state index contributed by atoms with van der Waals surface area (Å²) in [6.45, 7) is 14.0. The first kappa shape index (κ1) is 30.7. The predicted molar refractivity (Wildman–Crippen MR) is 142 cm³/mol. The van der Waals surface area contributed by atoms with Crippen LogP contribution in [-0.4, -0.2) is 58.5 Å². The molecule has 1 aromatic rings. The van der Waals surface area contributed by atoms with Gasteiger partial charge in [-0.15, -0.1) is 35.3 Å². The average molecular weight is 532 g/mol. The number of hydrogen-bond acceptors (Lipinski definition) is 9. The Bertz CT molecular complexity index is 822. The molecule has 0 radical (unpaired) electrons. The molecule has 3 unspecified atom stereocenters. The van der Waals surface area contributed by atoms with Crippen LogP contribution in [0.1, 0.15) is 55.5 Å². The number of ether oxygens (including phenoxy) is 2. The van der Waals surface area contributed by atoms with E-state index in [0.29, 0.717) is 24.7 Å². The molecule has 10 heteroatoms. The SMILES string of the molecule is CCOC(=O)C(C)SCc1c(C)c(CSC(C)C(=O)OCC)c(C)c(SCC(N)C(=O)O)c1C. The molecule has 7 nitrogen and oxygen atoms in total. The van der Waals surface area contributed by atoms with Gasteiger partial charge in [-0.3, -0.25) is 14.4 Å². The Morgan fingerprint density at radius 2 is 1.26 bits per heavy atom. The summed E-state index contributed by atoms with van der Waals surface area (Å²) in [6.07, 6.45) is 0. The van der Waals surface area contributed by atoms with Gasteiger partial charge in [-0.1, -0.05) is 0 Å². The summed E-state index contributed by atoms with van der Waals surface area (Å²) in [5.41, 5.74) is 11.2. The number of hydrogen-bond donors (Lipinski definition) is 2. The van der Waals surface area contributed by atoms with Crippen molar-refractivity contribution in [1.82, 2.24) is 0 Å². The van der Waals surface area contributed by atoms with E-state index in [1.54, 1.807) is 13.8 Å². The standard InChI is InChI=1S/C24H37NO6S3/c1-8-30-23(28)16(6)32-10-18-13(3)19(11-33-17(7)24(29)31-9-2)15(5)21(14(18)4)34-12-20(25)22(26)27/h16-17,20H,8-12,25H2,1-7H3,(H,26,27). The van der Waals surface area contributed by atoms with E-state index in [0.717, 1.165) is 32.7 Å². The van der Waals surface area contributed by atoms with Crippen molar-refractivity contribution < 1.29 is 29.0 Å². The number of thioether (sulfide) groups is 3. The molecule has 1 rings (SSSR count). The molecular formula is C24H37NO6S3. The third-order valence-corrected chi connectivity index (χ3v) is 9.13. The third kappa shape index (κ3) is 8.70. The quantitative estimate of drug-likeness (QED) is 0.263. The summed E-state index contributed by atoms with van der Waals surface area (Å²) in [5.74, 6) is -0.0409. The maximum absolute atomic E-state index is 12.1. The molecule has 0 bridgehead atoms. The predicted octanol–water partition coefficient (Wildman–Crippen LogP) is 4.49. The minimum absolute atomic E-state index is 0.240. The van der Waals surface area contributed by atoms with Crippen molar-refractivity contribution in [2.45, 2.75) is 81.4 Å². The van der Waals surface area contributed by atoms with Crippen LogP contribution < -0.4 is 5.73 Å². The largest absolute Gasteiger partial charge is 0.480 e. The maximum Gasteiger partial charge on any atom is 0.321 e. The van der Waals surface area contributed by atoms with Gasteiger partial charge in [0.15, 0.2) is 0 Å². The van der Waals surface area contributed by atoms with Gasteiger partial charge in [-0.05, 0) is 76.3 Å². The second-order valence-corrected chi connectivity index (χ2v) is 11.5. The van der Waals surface area contributed by atoms with E-state index in [1.165, 1.54) is 35.3 Å². The van der Waals surface area contributed by atoms with Crippen molar-refractivity contribution in [1.29, 1.82) is 0 Å². The van der Waals surface area contributed by atoms with Gasteiger partial charge >= 0.3 is 17.9 Å². The van der Waals surface area contributed by atoms with Crippen molar-refractivity contribution in [3.8, 4) is 0 Å². The number of esters is 2. The molecule has 0 aliphatic heterocycles. The molecule has 0 fully saturated rings. The van der Waals surface area contributed by atoms with Gasteiger partial charge < -0.3 is 20.3 Å². The van der Waals surface area contributed by atoms with Gasteiger partial charge in [0.1, 0.15) is 6.04 Å². The molecule has 0 aliphatic rings. The minimum atomic E-state index is -1.03. The fourth-order valence-corrected chi connectivity index (χ4v) is 6.54. The van der Waals surface area contributed by atoms with E-state index in [1.807, 2.05) is 27.7 Å². The molecule has 0 heterocycles. The molecule has 34 heavy (non-hydrogen) atoms. The highest BCUT2D eigenvalue weighted by Crippen LogP contribution is 2.38. The molecular weight excluding hydrogens is 494 g/mol. The van der Waals surface area contributed by atoms with E-state index in [-0.39, 0.29) is 28.2 Å². The zero-order valence-corrected chi connectivity index (χ0v) is 23.5. The van der Waals surface area contributed by atoms with E-state index in [2.05, 4.69) is 6.92 Å². The summed E-state index contributed by atoms with van der Waals surface area (Å²) >= 11 is 4.46. The Hall–Kier alpha value is -1.36. The number of nitrogens with two attached hydrogens (primary N) is 1. The first-order valence-electron chi connectivity index (χ1n) is 11.2. The van der Waals surface area contributed by atoms with Gasteiger partial charge in [0.25, 0.3) is 0 Å². The number of carboxylic acid groups (broad SMARTS) is 1. The monoisotopic (exact) mass is 531 g/mol. The number of aliphatic carboxylic acids is 1. The van der Waals surface area contributed by atoms with Crippen LogP contribution in [0, 0.1) is 20.8 Å². The summed E-state index contributed by atoms with van der Waals surface area (Å²) in [6, 6.07) is -0.964. The number of carbonyl (C=O) groups is 3. The van der Waals surface area contributed by atoms with Crippen LogP contribution in [0.3, 0.4) is 0 Å². The first-order chi connectivity index (χ1) is 16.0. The Balaban J connectivity index is 3.29. The van der Waals surface area contributed by atoms with Gasteiger partial charge in [0.05, 0.1) is 23.7 Å². The van der Waals surface area contributed by atoms with Crippen molar-refractivity contribution in [2.24, 2.45) is 5.73 Å². The highest BCUT2D eigenvalue weighted by Gasteiger charge is 2.23. The number of carbonyl (C=O) groups excluding carboxylic acids is 2. The Kier molecular flexibility index (Phi) is 13.4. The maximum atomic E-state index is 12.1. The topological polar surface area (TPSA) is 116 Å². The molecule has 1 aromatic carbocycles. The van der Waals surface area contributed by atoms with Crippen LogP contribution >= 0.6 is 35.3 Å². The van der Waals surface area contributed by atoms with Crippen molar-refractivity contribution in [3.63, 3.8) is 0 Å². The Morgan fingerprint density at radius 1 is 0.853 bits per heavy atom. The summed E-state index contributed by atoms with van der Waals surface area (Å²) < 4.78 is 10.3. The lowest BCUT2D eigenvalue weighted by atomic mass is 9.95. The van der Waals surface area contributed by atoms with Crippen LogP contribution in [0.5, 0.6) is 0 Å². The molecule has 0 aromatic heterocycles. The van der Waals surface area contributed by atoms with Crippen LogP contribution in [0.2, 0.25) is 0 Å². The smallest absolute Gasteiger partial charge is 0.321 e. The molecule has 3 N–H and O–H groups in total. The molecule has 0 saturated heterocycles. The van der Waals surface area contributed by atoms with Crippen LogP contribution in [-0.2, 0) is 35.4 Å². The molecule has 0 amide bonds. The Labute approximate surface area is 215 Å². The van der Waals surface area contributed by atoms with Crippen LogP contribution in [0.25, 0.3) is 0 Å². The fraction of sp³-hybridized carbons (Fsp3) is 0.625. The minimum Gasteiger partial charge on any atom is -0.480 e. The van der Waals surface area contributed by atoms with E-state index >= 15 is 0 Å². The van der Waals surface area contributed by atoms with E-state index in [4.69, 9.17) is 15.2 Å². The van der Waals surface area contributed by atoms with Gasteiger partial charge in [-0.25, -0.2) is 0 Å². The van der Waals surface area contributed by atoms with Crippen molar-refractivity contribution in [3.05, 3.63) is 27.8 Å². The van der Waals surface area contributed by atoms with Crippen LogP contribution in [0.15, 0.2) is 4.90 Å². The normalized spacial score (nSPS) is 13.8. The van der Waals surface area contributed by atoms with Crippen LogP contribution in [0.4, 0.5) is 0 Å². The van der Waals surface area contributed by atoms with Gasteiger partial charge in [0, 0.05) is 22.2 Å². The zero-order chi connectivity index (χ0) is 26.0. The van der Waals surface area contributed by atoms with Crippen molar-refractivity contribution in [2.75, 3.05) is 19.0 Å². The Morgan fingerprint density at radius 3 is 1.62 bits per heavy atom. The summed E-state index contributed by atoms with van der Waals surface area (Å²) in [4.78, 5) is 36.4. The molecule has 3 atom stereocenters. The number of benzene rings is 1. The van der Waals surface area contributed by atoms with Crippen molar-refractivity contribution >= 4 is 53.2 Å². The highest BCUT2D eigenvalue weighted by atomic mass is 32.2. The number of rotatable bonds is 14. The van der Waals surface area contributed by atoms with Gasteiger partial charge in [0.2, 0.25) is 0 Å². The average Bonchev–Trinajstić information content (AvgIpc) is 2.78. The molecule has 0 aliphatic carbocycles. The molecule has 0 spiro atoms. The lowest BCUT2D eigenvalue weighted by molar-refractivity contribution is -0.143. The van der Waals surface area contributed by atoms with E-state index < -0.39 is 12.0 Å². The second kappa shape index (κ2) is 14.9. The number of carboxylic acids is 1. The second-order valence-electron chi connectivity index (χ2n) is 7.83. The fourth-order valence-electron chi connectivity index (χ4n) is 3.27. The zero-order valence-electron chi connectivity index (χ0n) is 21.1. The first-order valence-corrected chi connectivity index (χ1v) is 14.3.